The molecule has 3 saturated carbocycles. The Morgan fingerprint density at radius 2 is 2.00 bits per heavy atom. The van der Waals surface area contributed by atoms with E-state index in [9.17, 15) is 10.2 Å². The molecule has 2 heterocycles. The van der Waals surface area contributed by atoms with Crippen LogP contribution in [0.25, 0.3) is 0 Å². The van der Waals surface area contributed by atoms with Crippen molar-refractivity contribution < 1.29 is 14.9 Å². The molecule has 7 unspecified atom stereocenters. The maximum Gasteiger partial charge on any atom is 0.0887 e. The van der Waals surface area contributed by atoms with Gasteiger partial charge in [-0.1, -0.05) is 0 Å². The third kappa shape index (κ3) is 0.823. The molecular weight excluding hydrogens is 204 g/mol. The summed E-state index contributed by atoms with van der Waals surface area (Å²) in [5, 5.41) is 20.8. The Labute approximate surface area is 95.8 Å². The van der Waals surface area contributed by atoms with Crippen molar-refractivity contribution in [3.05, 3.63) is 0 Å². The molecule has 2 N–H and O–H groups in total. The second-order valence-electron chi connectivity index (χ2n) is 7.09. The largest absolute Gasteiger partial charge is 0.390 e. The third-order valence-electron chi connectivity index (χ3n) is 6.06. The highest BCUT2D eigenvalue weighted by atomic mass is 16.5. The molecule has 0 aromatic carbocycles. The molecule has 4 bridgehead atoms. The van der Waals surface area contributed by atoms with Crippen LogP contribution in [0.2, 0.25) is 0 Å². The molecule has 2 aliphatic heterocycles. The summed E-state index contributed by atoms with van der Waals surface area (Å²) in [6, 6.07) is 0. The van der Waals surface area contributed by atoms with Gasteiger partial charge < -0.3 is 14.9 Å². The Kier molecular flexibility index (Phi) is 1.45. The van der Waals surface area contributed by atoms with E-state index in [1.165, 1.54) is 0 Å². The van der Waals surface area contributed by atoms with Crippen LogP contribution in [0, 0.1) is 17.3 Å². The van der Waals surface area contributed by atoms with E-state index < -0.39 is 11.7 Å². The fraction of sp³-hybridized carbons (Fsp3) is 1.00. The molecule has 2 saturated heterocycles. The first-order chi connectivity index (χ1) is 7.37. The first kappa shape index (κ1) is 9.86. The zero-order valence-corrected chi connectivity index (χ0v) is 9.94. The first-order valence-electron chi connectivity index (χ1n) is 6.46. The lowest BCUT2D eigenvalue weighted by Crippen LogP contribution is -2.49. The molecule has 16 heavy (non-hydrogen) atoms. The monoisotopic (exact) mass is 224 g/mol. The predicted molar refractivity (Wildman–Crippen MR) is 57.8 cm³/mol. The first-order valence-corrected chi connectivity index (χ1v) is 6.46. The second-order valence-corrected chi connectivity index (χ2v) is 7.09. The summed E-state index contributed by atoms with van der Waals surface area (Å²) in [5.41, 5.74) is -0.955. The van der Waals surface area contributed by atoms with Crippen LogP contribution < -0.4 is 0 Å². The number of hydrogen-bond acceptors (Lipinski definition) is 3. The van der Waals surface area contributed by atoms with Crippen molar-refractivity contribution in [3.63, 3.8) is 0 Å². The van der Waals surface area contributed by atoms with Crippen molar-refractivity contribution in [1.82, 2.24) is 0 Å². The van der Waals surface area contributed by atoms with Crippen LogP contribution in [-0.2, 0) is 4.74 Å². The van der Waals surface area contributed by atoms with Gasteiger partial charge in [-0.15, -0.1) is 0 Å². The third-order valence-corrected chi connectivity index (χ3v) is 6.06. The summed E-state index contributed by atoms with van der Waals surface area (Å²) in [6.45, 7) is 3.99. The molecule has 0 amide bonds. The van der Waals surface area contributed by atoms with Gasteiger partial charge in [0.2, 0.25) is 0 Å². The standard InChI is InChI=1S/C13H20O3/c1-11(15)5-8-9-3-7-4-13(8,10(11)14)6-12(7,2)16-9/h7-10,14-15H,3-6H2,1-2H3. The number of aliphatic hydroxyl groups is 2. The highest BCUT2D eigenvalue weighted by Gasteiger charge is 2.74. The average molecular weight is 224 g/mol. The van der Waals surface area contributed by atoms with Crippen LogP contribution in [0.4, 0.5) is 0 Å². The van der Waals surface area contributed by atoms with Crippen molar-refractivity contribution in [2.24, 2.45) is 17.3 Å². The Balaban J connectivity index is 1.85. The second kappa shape index (κ2) is 2.36. The average Bonchev–Trinajstić information content (AvgIpc) is 2.63. The van der Waals surface area contributed by atoms with Gasteiger partial charge in [-0.05, 0) is 51.4 Å². The normalized spacial score (nSPS) is 71.2. The lowest BCUT2D eigenvalue weighted by atomic mass is 9.67. The Morgan fingerprint density at radius 3 is 2.69 bits per heavy atom. The fourth-order valence-electron chi connectivity index (χ4n) is 5.51. The molecule has 3 heteroatoms. The molecule has 90 valence electrons. The summed E-state index contributed by atoms with van der Waals surface area (Å²) in [6.07, 6.45) is 3.60. The molecule has 5 fully saturated rings. The van der Waals surface area contributed by atoms with E-state index in [0.717, 1.165) is 19.3 Å². The lowest BCUT2D eigenvalue weighted by molar-refractivity contribution is -0.150. The number of rotatable bonds is 0. The van der Waals surface area contributed by atoms with Gasteiger partial charge in [0.25, 0.3) is 0 Å². The van der Waals surface area contributed by atoms with Crippen LogP contribution in [0.5, 0.6) is 0 Å². The minimum absolute atomic E-state index is 0.0113. The van der Waals surface area contributed by atoms with Gasteiger partial charge in [-0.25, -0.2) is 0 Å². The summed E-state index contributed by atoms with van der Waals surface area (Å²) in [7, 11) is 0. The summed E-state index contributed by atoms with van der Waals surface area (Å²) in [5.74, 6) is 0.988. The maximum absolute atomic E-state index is 10.5. The van der Waals surface area contributed by atoms with Gasteiger partial charge in [0.05, 0.1) is 23.4 Å². The van der Waals surface area contributed by atoms with E-state index in [-0.39, 0.29) is 11.0 Å². The summed E-state index contributed by atoms with van der Waals surface area (Å²) < 4.78 is 6.17. The smallest absolute Gasteiger partial charge is 0.0887 e. The molecule has 5 rings (SSSR count). The van der Waals surface area contributed by atoms with Crippen LogP contribution in [0.15, 0.2) is 0 Å². The van der Waals surface area contributed by atoms with Crippen LogP contribution in [-0.4, -0.2) is 33.6 Å². The maximum atomic E-state index is 10.5. The van der Waals surface area contributed by atoms with Crippen molar-refractivity contribution in [2.45, 2.75) is 62.9 Å². The molecule has 3 aliphatic carbocycles. The molecule has 7 atom stereocenters. The molecule has 0 radical (unpaired) electrons. The molecular formula is C13H20O3. The van der Waals surface area contributed by atoms with E-state index in [0.29, 0.717) is 24.4 Å². The van der Waals surface area contributed by atoms with Crippen LogP contribution >= 0.6 is 0 Å². The molecule has 0 aromatic rings. The summed E-state index contributed by atoms with van der Waals surface area (Å²) in [4.78, 5) is 0. The van der Waals surface area contributed by atoms with Crippen LogP contribution in [0.3, 0.4) is 0 Å². The highest BCUT2D eigenvalue weighted by Crippen LogP contribution is 2.72. The van der Waals surface area contributed by atoms with E-state index in [1.807, 2.05) is 0 Å². The SMILES string of the molecule is CC1(O)CC2C3CC4CC2(CC4(C)O3)C1O. The molecule has 0 aromatic heterocycles. The number of ether oxygens (including phenoxy) is 1. The minimum atomic E-state index is -0.906. The van der Waals surface area contributed by atoms with Crippen molar-refractivity contribution >= 4 is 0 Å². The van der Waals surface area contributed by atoms with E-state index in [4.69, 9.17) is 4.74 Å². The molecule has 5 aliphatic rings. The predicted octanol–water partition coefficient (Wildman–Crippen LogP) is 1.08. The van der Waals surface area contributed by atoms with E-state index >= 15 is 0 Å². The fourth-order valence-corrected chi connectivity index (χ4v) is 5.51. The van der Waals surface area contributed by atoms with Gasteiger partial charge in [0.15, 0.2) is 0 Å². The molecule has 1 spiro atoms. The van der Waals surface area contributed by atoms with Gasteiger partial charge >= 0.3 is 0 Å². The van der Waals surface area contributed by atoms with Crippen molar-refractivity contribution in [2.75, 3.05) is 0 Å². The van der Waals surface area contributed by atoms with E-state index in [2.05, 4.69) is 6.92 Å². The number of aliphatic hydroxyl groups excluding tert-OH is 1. The zero-order chi connectivity index (χ0) is 11.3. The molecule has 3 nitrogen and oxygen atoms in total. The van der Waals surface area contributed by atoms with Crippen molar-refractivity contribution in [3.8, 4) is 0 Å². The van der Waals surface area contributed by atoms with Crippen LogP contribution in [0.1, 0.15) is 39.5 Å². The van der Waals surface area contributed by atoms with Crippen molar-refractivity contribution in [1.29, 1.82) is 0 Å². The minimum Gasteiger partial charge on any atom is -0.390 e. The summed E-state index contributed by atoms with van der Waals surface area (Å²) >= 11 is 0. The number of hydrogen-bond donors (Lipinski definition) is 2. The Bertz CT molecular complexity index is 366. The van der Waals surface area contributed by atoms with E-state index in [1.54, 1.807) is 6.92 Å². The van der Waals surface area contributed by atoms with Gasteiger partial charge in [0.1, 0.15) is 0 Å². The highest BCUT2D eigenvalue weighted by molar-refractivity contribution is 5.23. The quantitative estimate of drug-likeness (QED) is 0.647. The van der Waals surface area contributed by atoms with Gasteiger partial charge in [-0.3, -0.25) is 0 Å². The van der Waals surface area contributed by atoms with Gasteiger partial charge in [-0.2, -0.15) is 0 Å². The Morgan fingerprint density at radius 1 is 1.25 bits per heavy atom. The van der Waals surface area contributed by atoms with Gasteiger partial charge in [0, 0.05) is 5.41 Å². The topological polar surface area (TPSA) is 49.7 Å². The zero-order valence-electron chi connectivity index (χ0n) is 9.94. The lowest BCUT2D eigenvalue weighted by Gasteiger charge is -2.44. The Hall–Kier alpha value is -0.120.